The number of nitrogens with zero attached hydrogens (tertiary/aromatic N) is 1. The minimum Gasteiger partial charge on any atom is -0.387 e. The van der Waals surface area contributed by atoms with E-state index < -0.39 is 20.0 Å². The van der Waals surface area contributed by atoms with Gasteiger partial charge < -0.3 is 19.8 Å². The van der Waals surface area contributed by atoms with Crippen molar-refractivity contribution < 1.29 is 32.9 Å². The monoisotopic (exact) mass is 619 g/mol. The van der Waals surface area contributed by atoms with E-state index in [1.54, 1.807) is 13.0 Å². The van der Waals surface area contributed by atoms with Crippen molar-refractivity contribution >= 4 is 13.7 Å². The van der Waals surface area contributed by atoms with E-state index in [0.717, 1.165) is 19.3 Å². The molecular weight excluding hydrogens is 551 g/mol. The van der Waals surface area contributed by atoms with E-state index in [4.69, 9.17) is 9.05 Å². The largest absolute Gasteiger partial charge is 0.472 e. The van der Waals surface area contributed by atoms with Gasteiger partial charge in [0.25, 0.3) is 0 Å². The summed E-state index contributed by atoms with van der Waals surface area (Å²) in [5.74, 6) is -0.265. The van der Waals surface area contributed by atoms with Crippen molar-refractivity contribution in [2.75, 3.05) is 40.9 Å². The molecule has 9 heteroatoms. The molecule has 0 radical (unpaired) electrons. The normalized spacial score (nSPS) is 15.1. The Morgan fingerprint density at radius 2 is 1.24 bits per heavy atom. The van der Waals surface area contributed by atoms with E-state index in [1.165, 1.54) is 103 Å². The average Bonchev–Trinajstić information content (AvgIpc) is 2.93. The van der Waals surface area contributed by atoms with Gasteiger partial charge in [-0.15, -0.1) is 0 Å². The van der Waals surface area contributed by atoms with Crippen molar-refractivity contribution in [2.24, 2.45) is 0 Å². The first-order chi connectivity index (χ1) is 20.0. The van der Waals surface area contributed by atoms with Crippen LogP contribution in [0.5, 0.6) is 0 Å². The Morgan fingerprint density at radius 3 is 1.67 bits per heavy atom. The molecule has 0 rings (SSSR count). The summed E-state index contributed by atoms with van der Waals surface area (Å²) in [6, 6.07) is -0.837. The van der Waals surface area contributed by atoms with Crippen LogP contribution in [0.25, 0.3) is 0 Å². The first kappa shape index (κ1) is 41.2. The number of aliphatic hydroxyl groups is 1. The fourth-order valence-corrected chi connectivity index (χ4v) is 5.45. The maximum Gasteiger partial charge on any atom is 0.472 e. The molecular formula is C33H68N2O6P+. The summed E-state index contributed by atoms with van der Waals surface area (Å²) in [6.45, 7) is 4.26. The highest BCUT2D eigenvalue weighted by molar-refractivity contribution is 7.47. The second-order valence-corrected chi connectivity index (χ2v) is 14.3. The number of likely N-dealkylation sites (N-methyl/N-ethyl adjacent to an activating group) is 1. The molecule has 3 atom stereocenters. The third-order valence-corrected chi connectivity index (χ3v) is 8.56. The van der Waals surface area contributed by atoms with Gasteiger partial charge in [0.05, 0.1) is 39.9 Å². The zero-order valence-electron chi connectivity index (χ0n) is 28.0. The van der Waals surface area contributed by atoms with Crippen molar-refractivity contribution in [1.29, 1.82) is 0 Å². The van der Waals surface area contributed by atoms with E-state index in [0.29, 0.717) is 11.0 Å². The Bertz CT molecular complexity index is 713. The highest BCUT2D eigenvalue weighted by Crippen LogP contribution is 2.43. The average molecular weight is 620 g/mol. The molecule has 0 aliphatic heterocycles. The van der Waals surface area contributed by atoms with Crippen molar-refractivity contribution in [3.8, 4) is 0 Å². The van der Waals surface area contributed by atoms with E-state index in [-0.39, 0.29) is 25.5 Å². The van der Waals surface area contributed by atoms with Crippen molar-refractivity contribution in [3.05, 3.63) is 12.2 Å². The summed E-state index contributed by atoms with van der Waals surface area (Å²) in [7, 11) is 1.56. The molecule has 0 spiro atoms. The van der Waals surface area contributed by atoms with Gasteiger partial charge in [-0.05, 0) is 12.8 Å². The lowest BCUT2D eigenvalue weighted by atomic mass is 10.0. The van der Waals surface area contributed by atoms with Crippen LogP contribution >= 0.6 is 7.82 Å². The number of rotatable bonds is 30. The molecule has 250 valence electrons. The molecule has 3 N–H and O–H groups in total. The number of quaternary nitrogens is 1. The lowest BCUT2D eigenvalue weighted by Crippen LogP contribution is -2.45. The first-order valence-electron chi connectivity index (χ1n) is 17.1. The van der Waals surface area contributed by atoms with Crippen LogP contribution in [0.4, 0.5) is 0 Å². The molecule has 1 amide bonds. The lowest BCUT2D eigenvalue weighted by Gasteiger charge is -2.25. The van der Waals surface area contributed by atoms with E-state index in [1.807, 2.05) is 27.2 Å². The highest BCUT2D eigenvalue weighted by Gasteiger charge is 2.27. The maximum atomic E-state index is 12.2. The molecule has 0 aliphatic carbocycles. The Balaban J connectivity index is 3.95. The van der Waals surface area contributed by atoms with Crippen molar-refractivity contribution in [2.45, 2.75) is 154 Å². The van der Waals surface area contributed by atoms with Crippen LogP contribution in [0.2, 0.25) is 0 Å². The second kappa shape index (κ2) is 26.6. The van der Waals surface area contributed by atoms with Gasteiger partial charge in [-0.25, -0.2) is 4.57 Å². The summed E-state index contributed by atoms with van der Waals surface area (Å²) < 4.78 is 22.9. The predicted octanol–water partition coefficient (Wildman–Crippen LogP) is 8.07. The van der Waals surface area contributed by atoms with Crippen LogP contribution in [0.1, 0.15) is 142 Å². The second-order valence-electron chi connectivity index (χ2n) is 12.9. The van der Waals surface area contributed by atoms with Crippen LogP contribution < -0.4 is 5.32 Å². The topological polar surface area (TPSA) is 105 Å². The third kappa shape index (κ3) is 28.0. The Kier molecular flexibility index (Phi) is 26.1. The number of carbonyl (C=O) groups is 1. The minimum atomic E-state index is -4.29. The zero-order valence-corrected chi connectivity index (χ0v) is 28.9. The lowest BCUT2D eigenvalue weighted by molar-refractivity contribution is -0.870. The molecule has 0 fully saturated rings. The predicted molar refractivity (Wildman–Crippen MR) is 175 cm³/mol. The molecule has 0 aromatic rings. The van der Waals surface area contributed by atoms with Gasteiger partial charge in [0.15, 0.2) is 0 Å². The number of hydrogen-bond acceptors (Lipinski definition) is 5. The quantitative estimate of drug-likeness (QED) is 0.0325. The number of unbranched alkanes of at least 4 members (excludes halogenated alkanes) is 18. The number of hydrogen-bond donors (Lipinski definition) is 3. The first-order valence-corrected chi connectivity index (χ1v) is 18.6. The van der Waals surface area contributed by atoms with Crippen LogP contribution in [0.15, 0.2) is 12.2 Å². The van der Waals surface area contributed by atoms with Gasteiger partial charge in [-0.2, -0.15) is 0 Å². The van der Waals surface area contributed by atoms with Gasteiger partial charge in [-0.3, -0.25) is 13.8 Å². The van der Waals surface area contributed by atoms with Gasteiger partial charge in [0.1, 0.15) is 13.2 Å². The van der Waals surface area contributed by atoms with Crippen LogP contribution in [-0.2, 0) is 18.4 Å². The SMILES string of the molecule is CCCCCCCCCCCCCCCCCCCC/C=C/C(O)C(COP(=O)(O)OCC[N+](C)(C)C)NC(=O)CC. The number of carbonyl (C=O) groups excluding carboxylic acids is 1. The minimum absolute atomic E-state index is 0.0606. The highest BCUT2D eigenvalue weighted by atomic mass is 31.2. The summed E-state index contributed by atoms with van der Waals surface area (Å²) in [5.41, 5.74) is 0. The number of amides is 1. The molecule has 0 aliphatic rings. The molecule has 0 aromatic carbocycles. The third-order valence-electron chi connectivity index (χ3n) is 7.57. The molecule has 0 heterocycles. The molecule has 42 heavy (non-hydrogen) atoms. The van der Waals surface area contributed by atoms with Crippen molar-refractivity contribution in [3.63, 3.8) is 0 Å². The number of aliphatic hydroxyl groups excluding tert-OH is 1. The van der Waals surface area contributed by atoms with Gasteiger partial charge in [0, 0.05) is 6.42 Å². The number of allylic oxidation sites excluding steroid dienone is 1. The Morgan fingerprint density at radius 1 is 0.786 bits per heavy atom. The number of nitrogens with one attached hydrogen (secondary N) is 1. The number of phosphoric ester groups is 1. The van der Waals surface area contributed by atoms with Crippen LogP contribution in [0.3, 0.4) is 0 Å². The van der Waals surface area contributed by atoms with Crippen LogP contribution in [-0.4, -0.2) is 73.4 Å². The van der Waals surface area contributed by atoms with E-state index in [2.05, 4.69) is 12.2 Å². The maximum absolute atomic E-state index is 12.2. The van der Waals surface area contributed by atoms with E-state index >= 15 is 0 Å². The molecule has 0 bridgehead atoms. The summed E-state index contributed by atoms with van der Waals surface area (Å²) in [4.78, 5) is 21.9. The fourth-order valence-electron chi connectivity index (χ4n) is 4.71. The van der Waals surface area contributed by atoms with Crippen molar-refractivity contribution in [1.82, 2.24) is 5.32 Å². The number of phosphoric acid groups is 1. The fraction of sp³-hybridized carbons (Fsp3) is 0.909. The molecule has 8 nitrogen and oxygen atoms in total. The van der Waals surface area contributed by atoms with E-state index in [9.17, 15) is 19.4 Å². The molecule has 0 saturated heterocycles. The van der Waals surface area contributed by atoms with Gasteiger partial charge in [-0.1, -0.05) is 135 Å². The molecule has 0 aromatic heterocycles. The molecule has 3 unspecified atom stereocenters. The standard InChI is InChI=1S/C33H67N2O6P/c1-6-8-9-10-11-12-13-14-15-16-17-18-19-20-21-22-23-24-25-26-27-32(36)31(34-33(37)7-2)30-41-42(38,39)40-29-28-35(3,4)5/h26-27,31-32,36H,6-25,28-30H2,1-5H3,(H-,34,37,38,39)/p+1/b27-26+. The van der Waals surface area contributed by atoms with Crippen LogP contribution in [0, 0.1) is 0 Å². The summed E-state index contributed by atoms with van der Waals surface area (Å²) in [6.07, 6.45) is 27.8. The van der Waals surface area contributed by atoms with Gasteiger partial charge in [0.2, 0.25) is 5.91 Å². The molecule has 0 saturated carbocycles. The summed E-state index contributed by atoms with van der Waals surface area (Å²) in [5, 5.41) is 13.3. The smallest absolute Gasteiger partial charge is 0.387 e. The summed E-state index contributed by atoms with van der Waals surface area (Å²) >= 11 is 0. The van der Waals surface area contributed by atoms with Gasteiger partial charge >= 0.3 is 7.82 Å². The zero-order chi connectivity index (χ0) is 31.5. The Hall–Kier alpha value is -0.760. The Labute approximate surface area is 259 Å².